The minimum atomic E-state index is -1.22. The molecule has 61 heavy (non-hydrogen) atoms. The Morgan fingerprint density at radius 2 is 0.557 bits per heavy atom. The number of aromatic nitrogens is 6. The van der Waals surface area contributed by atoms with Crippen LogP contribution in [0.2, 0.25) is 0 Å². The van der Waals surface area contributed by atoms with Crippen LogP contribution in [0.25, 0.3) is 90.6 Å². The van der Waals surface area contributed by atoms with Crippen molar-refractivity contribution in [3.05, 3.63) is 228 Å². The fraction of sp³-hybridized carbons (Fsp3) is 0.0182. The van der Waals surface area contributed by atoms with Crippen LogP contribution >= 0.6 is 0 Å². The van der Waals surface area contributed by atoms with E-state index in [1.165, 1.54) is 0 Å². The second-order valence-electron chi connectivity index (χ2n) is 14.0. The number of hydrogen-bond acceptors (Lipinski definition) is 6. The number of nitrogens with zero attached hydrogens (tertiary/aromatic N) is 6. The predicted molar refractivity (Wildman–Crippen MR) is 242 cm³/mol. The van der Waals surface area contributed by atoms with Gasteiger partial charge < -0.3 is 0 Å². The second-order valence-corrected chi connectivity index (χ2v) is 14.0. The molecule has 2 heterocycles. The Bertz CT molecular complexity index is 3940. The molecule has 0 fully saturated rings. The summed E-state index contributed by atoms with van der Waals surface area (Å²) in [4.78, 5) is 27.8. The highest BCUT2D eigenvalue weighted by Crippen LogP contribution is 2.63. The molecule has 0 amide bonds. The van der Waals surface area contributed by atoms with Gasteiger partial charge in [-0.3, -0.25) is 0 Å². The lowest BCUT2D eigenvalue weighted by atomic mass is 9.70. The standard InChI is InChI=1S/C55H34N6/c1-5-17-35(18-6-1)49-56-50(36-19-7-2-8-20-36)59-53(58-49)39-29-31-43-44-32-30-40(54-60-51(37-21-9-3-10-22-37)57-52(61-54)38-23-11-4-12-24-38)34-48(44)55(47(43)33-39)45-27-15-13-25-41(45)42-26-14-16-28-46(42)55/h1-34H/i1D,2D,3D,4D,5D,6D,7D,8D,9D,10D,11D,12D,17D,18D,19D,20D,21D,22D,23D,24D. The Labute approximate surface area is 381 Å². The first kappa shape index (κ1) is 20.2. The van der Waals surface area contributed by atoms with E-state index in [2.05, 4.69) is 9.97 Å². The molecule has 6 heteroatoms. The van der Waals surface area contributed by atoms with Crippen LogP contribution in [0.3, 0.4) is 0 Å². The second kappa shape index (κ2) is 14.0. The van der Waals surface area contributed by atoms with Gasteiger partial charge in [0.15, 0.2) is 34.9 Å². The van der Waals surface area contributed by atoms with Gasteiger partial charge >= 0.3 is 0 Å². The summed E-state index contributed by atoms with van der Waals surface area (Å²) in [6, 6.07) is 12.5. The molecular weight excluding hydrogens is 745 g/mol. The molecule has 2 aliphatic carbocycles. The first-order valence-corrected chi connectivity index (χ1v) is 18.8. The minimum absolute atomic E-state index is 0.159. The van der Waals surface area contributed by atoms with E-state index in [1.807, 2.05) is 72.8 Å². The molecular formula is C55H34N6. The Balaban J connectivity index is 1.14. The van der Waals surface area contributed by atoms with E-state index in [0.29, 0.717) is 22.3 Å². The van der Waals surface area contributed by atoms with Gasteiger partial charge in [0.05, 0.1) is 32.8 Å². The molecule has 0 saturated heterocycles. The summed E-state index contributed by atoms with van der Waals surface area (Å²) in [7, 11) is 0. The van der Waals surface area contributed by atoms with E-state index in [-0.39, 0.29) is 22.8 Å². The Morgan fingerprint density at radius 3 is 0.885 bits per heavy atom. The Hall–Kier alpha value is -8.22. The van der Waals surface area contributed by atoms with E-state index in [9.17, 15) is 0 Å². The smallest absolute Gasteiger partial charge is 0.164 e. The van der Waals surface area contributed by atoms with Gasteiger partial charge in [0.25, 0.3) is 0 Å². The predicted octanol–water partition coefficient (Wildman–Crippen LogP) is 12.4. The number of rotatable bonds is 6. The zero-order chi connectivity index (χ0) is 57.7. The first-order valence-electron chi connectivity index (χ1n) is 28.8. The lowest BCUT2D eigenvalue weighted by Crippen LogP contribution is -2.26. The van der Waals surface area contributed by atoms with Crippen LogP contribution in [0.1, 0.15) is 49.7 Å². The molecule has 8 aromatic carbocycles. The van der Waals surface area contributed by atoms with Crippen molar-refractivity contribution in [2.75, 3.05) is 0 Å². The third kappa shape index (κ3) is 5.57. The number of benzene rings is 8. The number of hydrogen-bond donors (Lipinski definition) is 0. The maximum atomic E-state index is 8.88. The summed E-state index contributed by atoms with van der Waals surface area (Å²) in [6.45, 7) is 0. The van der Waals surface area contributed by atoms with Crippen molar-refractivity contribution in [2.45, 2.75) is 5.41 Å². The molecule has 0 bridgehead atoms. The third-order valence-electron chi connectivity index (χ3n) is 10.8. The molecule has 0 atom stereocenters. The van der Waals surface area contributed by atoms with Crippen LogP contribution < -0.4 is 0 Å². The molecule has 2 aliphatic rings. The van der Waals surface area contributed by atoms with E-state index in [0.717, 1.165) is 22.3 Å². The van der Waals surface area contributed by atoms with Crippen LogP contribution in [-0.2, 0) is 5.41 Å². The van der Waals surface area contributed by atoms with Gasteiger partial charge in [-0.2, -0.15) is 0 Å². The fourth-order valence-electron chi connectivity index (χ4n) is 8.32. The van der Waals surface area contributed by atoms with Crippen LogP contribution in [0, 0.1) is 0 Å². The van der Waals surface area contributed by atoms with Crippen molar-refractivity contribution in [3.8, 4) is 90.6 Å². The van der Waals surface area contributed by atoms with E-state index in [4.69, 9.17) is 47.4 Å². The van der Waals surface area contributed by atoms with Crippen molar-refractivity contribution in [3.63, 3.8) is 0 Å². The summed E-state index contributed by atoms with van der Waals surface area (Å²) < 4.78 is 172. The van der Waals surface area contributed by atoms with Gasteiger partial charge in [-0.15, -0.1) is 0 Å². The maximum absolute atomic E-state index is 8.88. The Morgan fingerprint density at radius 1 is 0.279 bits per heavy atom. The van der Waals surface area contributed by atoms with Gasteiger partial charge in [0.1, 0.15) is 0 Å². The highest BCUT2D eigenvalue weighted by atomic mass is 15.0. The maximum Gasteiger partial charge on any atom is 0.164 e. The van der Waals surface area contributed by atoms with Gasteiger partial charge in [0.2, 0.25) is 0 Å². The van der Waals surface area contributed by atoms with E-state index < -0.39 is 172 Å². The summed E-state index contributed by atoms with van der Waals surface area (Å²) in [5.74, 6) is -2.09. The normalized spacial score (nSPS) is 17.3. The zero-order valence-corrected chi connectivity index (χ0v) is 31.3. The van der Waals surface area contributed by atoms with Gasteiger partial charge in [-0.25, -0.2) is 29.9 Å². The Kier molecular flexibility index (Phi) is 4.62. The average Bonchev–Trinajstić information content (AvgIpc) is 3.49. The van der Waals surface area contributed by atoms with Crippen molar-refractivity contribution in [1.29, 1.82) is 0 Å². The van der Waals surface area contributed by atoms with Crippen molar-refractivity contribution in [2.24, 2.45) is 0 Å². The van der Waals surface area contributed by atoms with Crippen molar-refractivity contribution >= 4 is 0 Å². The lowest BCUT2D eigenvalue weighted by Gasteiger charge is -2.31. The summed E-state index contributed by atoms with van der Waals surface area (Å²) in [6.07, 6.45) is 0. The van der Waals surface area contributed by atoms with Crippen LogP contribution in [0.4, 0.5) is 0 Å². The molecule has 6 nitrogen and oxygen atoms in total. The highest BCUT2D eigenvalue weighted by Gasteiger charge is 2.52. The largest absolute Gasteiger partial charge is 0.208 e. The molecule has 10 aromatic rings. The molecule has 0 N–H and O–H groups in total. The monoisotopic (exact) mass is 798 g/mol. The fourth-order valence-corrected chi connectivity index (χ4v) is 8.32. The quantitative estimate of drug-likeness (QED) is 0.167. The van der Waals surface area contributed by atoms with Gasteiger partial charge in [-0.1, -0.05) is 194 Å². The molecule has 0 unspecified atom stereocenters. The van der Waals surface area contributed by atoms with Crippen LogP contribution in [-0.4, -0.2) is 29.9 Å². The SMILES string of the molecule is [2H]c1c([2H])c([2H])c(-c2nc(-c3ccc4c(c3)C3(c5ccccc5-c5ccccc53)c3cc(-c5nc(-c6c([2H])c([2H])c([2H])c([2H])c6[2H])nc(-c6c([2H])c([2H])c([2H])c([2H])c6[2H])n5)ccc3-4)nc(-c3c([2H])c([2H])c([2H])c([2H])c3[2H])n2)c([2H])c1[2H]. The summed E-state index contributed by atoms with van der Waals surface area (Å²) in [5, 5.41) is 0. The topological polar surface area (TPSA) is 77.3 Å². The third-order valence-corrected chi connectivity index (χ3v) is 10.8. The zero-order valence-electron chi connectivity index (χ0n) is 51.3. The van der Waals surface area contributed by atoms with Gasteiger partial charge in [0, 0.05) is 33.4 Å². The van der Waals surface area contributed by atoms with Crippen molar-refractivity contribution in [1.82, 2.24) is 29.9 Å². The van der Waals surface area contributed by atoms with E-state index in [1.54, 1.807) is 12.1 Å². The van der Waals surface area contributed by atoms with Crippen LogP contribution in [0.15, 0.2) is 206 Å². The molecule has 284 valence electrons. The minimum Gasteiger partial charge on any atom is -0.208 e. The highest BCUT2D eigenvalue weighted by molar-refractivity contribution is 5.96. The number of fused-ring (bicyclic) bond motifs is 10. The molecule has 0 radical (unpaired) electrons. The van der Waals surface area contributed by atoms with E-state index >= 15 is 0 Å². The lowest BCUT2D eigenvalue weighted by molar-refractivity contribution is 0.794. The molecule has 12 rings (SSSR count). The van der Waals surface area contributed by atoms with Gasteiger partial charge in [-0.05, 0) is 56.6 Å². The average molecular weight is 799 g/mol. The van der Waals surface area contributed by atoms with Crippen LogP contribution in [0.5, 0.6) is 0 Å². The molecule has 1 spiro atoms. The molecule has 0 saturated carbocycles. The first-order chi connectivity index (χ1) is 38.5. The molecule has 2 aromatic heterocycles. The van der Waals surface area contributed by atoms with Crippen molar-refractivity contribution < 1.29 is 27.4 Å². The molecule has 0 aliphatic heterocycles. The summed E-state index contributed by atoms with van der Waals surface area (Å²) in [5.41, 5.74) is 3.67. The summed E-state index contributed by atoms with van der Waals surface area (Å²) >= 11 is 0.